The second-order valence-corrected chi connectivity index (χ2v) is 6.89. The summed E-state index contributed by atoms with van der Waals surface area (Å²) in [4.78, 5) is 0. The zero-order valence-electron chi connectivity index (χ0n) is 12.3. The van der Waals surface area contributed by atoms with E-state index in [0.717, 1.165) is 11.5 Å². The van der Waals surface area contributed by atoms with E-state index in [1.165, 1.54) is 10.6 Å². The van der Waals surface area contributed by atoms with Gasteiger partial charge in [0.1, 0.15) is 11.5 Å². The van der Waals surface area contributed by atoms with Gasteiger partial charge in [0.15, 0.2) is 0 Å². The van der Waals surface area contributed by atoms with Crippen LogP contribution >= 0.6 is 8.07 Å². The predicted octanol–water partition coefficient (Wildman–Crippen LogP) is 2.61. The lowest BCUT2D eigenvalue weighted by Crippen LogP contribution is -2.24. The van der Waals surface area contributed by atoms with E-state index in [0.29, 0.717) is 0 Å². The van der Waals surface area contributed by atoms with Crippen LogP contribution in [0.1, 0.15) is 0 Å². The first-order valence-electron chi connectivity index (χ1n) is 6.42. The highest BCUT2D eigenvalue weighted by atomic mass is 31.1. The van der Waals surface area contributed by atoms with Crippen molar-refractivity contribution in [3.8, 4) is 11.5 Å². The molecule has 0 saturated carbocycles. The Hall–Kier alpha value is -1.57. The molecule has 0 heterocycles. The molecule has 0 bridgehead atoms. The summed E-state index contributed by atoms with van der Waals surface area (Å²) >= 11 is 0. The van der Waals surface area contributed by atoms with E-state index in [1.54, 1.807) is 14.2 Å². The highest BCUT2D eigenvalue weighted by Gasteiger charge is 2.23. The quantitative estimate of drug-likeness (QED) is 0.790. The van der Waals surface area contributed by atoms with Gasteiger partial charge in [-0.1, -0.05) is 24.3 Å². The summed E-state index contributed by atoms with van der Waals surface area (Å²) in [7, 11) is 6.92. The third kappa shape index (κ3) is 2.95. The molecule has 2 rings (SSSR count). The van der Waals surface area contributed by atoms with E-state index >= 15 is 0 Å². The fourth-order valence-corrected chi connectivity index (χ4v) is 4.50. The van der Waals surface area contributed by atoms with Crippen molar-refractivity contribution >= 4 is 18.7 Å². The number of rotatable bonds is 5. The van der Waals surface area contributed by atoms with Gasteiger partial charge in [0.05, 0.1) is 14.2 Å². The Morgan fingerprint density at radius 2 is 1.15 bits per heavy atom. The Balaban J connectivity index is 2.57. The lowest BCUT2D eigenvalue weighted by Gasteiger charge is -2.27. The summed E-state index contributed by atoms with van der Waals surface area (Å²) < 4.78 is 13.3. The van der Waals surface area contributed by atoms with Gasteiger partial charge in [-0.2, -0.15) is 0 Å². The molecule has 3 nitrogen and oxygen atoms in total. The molecule has 0 saturated heterocycles. The molecule has 0 aromatic heterocycles. The minimum atomic E-state index is -0.680. The maximum atomic E-state index is 5.52. The Bertz CT molecular complexity index is 524. The fourth-order valence-electron chi connectivity index (χ4n) is 2.17. The van der Waals surface area contributed by atoms with Crippen LogP contribution in [-0.4, -0.2) is 33.0 Å². The topological polar surface area (TPSA) is 21.7 Å². The monoisotopic (exact) mass is 289 g/mol. The van der Waals surface area contributed by atoms with Gasteiger partial charge in [0.25, 0.3) is 0 Å². The van der Waals surface area contributed by atoms with E-state index in [-0.39, 0.29) is 0 Å². The summed E-state index contributed by atoms with van der Waals surface area (Å²) in [6.07, 6.45) is 0. The molecule has 0 amide bonds. The first kappa shape index (κ1) is 14.8. The first-order chi connectivity index (χ1) is 9.69. The number of hydrogen-bond acceptors (Lipinski definition) is 3. The SMILES string of the molecule is COc1ccccc1P(c1ccccc1OC)N(C)C. The zero-order chi connectivity index (χ0) is 14.5. The van der Waals surface area contributed by atoms with E-state index in [1.807, 2.05) is 36.4 Å². The highest BCUT2D eigenvalue weighted by Crippen LogP contribution is 2.41. The molecule has 2 aromatic rings. The Labute approximate surface area is 121 Å². The lowest BCUT2D eigenvalue weighted by molar-refractivity contribution is 0.417. The molecule has 20 heavy (non-hydrogen) atoms. The van der Waals surface area contributed by atoms with Crippen LogP contribution in [0.15, 0.2) is 48.5 Å². The van der Waals surface area contributed by atoms with Crippen LogP contribution in [0.4, 0.5) is 0 Å². The van der Waals surface area contributed by atoms with Gasteiger partial charge in [-0.05, 0) is 38.4 Å². The van der Waals surface area contributed by atoms with Gasteiger partial charge >= 0.3 is 0 Å². The van der Waals surface area contributed by atoms with Gasteiger partial charge in [-0.15, -0.1) is 0 Å². The van der Waals surface area contributed by atoms with Gasteiger partial charge in [0.2, 0.25) is 0 Å². The predicted molar refractivity (Wildman–Crippen MR) is 85.9 cm³/mol. The molecule has 0 aliphatic heterocycles. The fraction of sp³-hybridized carbons (Fsp3) is 0.250. The van der Waals surface area contributed by atoms with Crippen LogP contribution in [0.25, 0.3) is 0 Å². The molecule has 0 radical (unpaired) electrons. The van der Waals surface area contributed by atoms with Gasteiger partial charge in [0, 0.05) is 18.7 Å². The largest absolute Gasteiger partial charge is 0.496 e. The number of methoxy groups -OCH3 is 2. The van der Waals surface area contributed by atoms with E-state index < -0.39 is 8.07 Å². The molecule has 0 N–H and O–H groups in total. The van der Waals surface area contributed by atoms with Crippen molar-refractivity contribution in [3.63, 3.8) is 0 Å². The molecule has 106 valence electrons. The summed E-state index contributed by atoms with van der Waals surface area (Å²) in [6.45, 7) is 0. The van der Waals surface area contributed by atoms with Crippen molar-refractivity contribution in [3.05, 3.63) is 48.5 Å². The molecule has 0 fully saturated rings. The van der Waals surface area contributed by atoms with Gasteiger partial charge in [-0.25, -0.2) is 0 Å². The van der Waals surface area contributed by atoms with Crippen LogP contribution in [0.5, 0.6) is 11.5 Å². The standard InChI is InChI=1S/C16H20NO2P/c1-17(2)20(15-11-7-5-9-13(15)18-3)16-12-8-6-10-14(16)19-4/h5-12H,1-4H3. The Morgan fingerprint density at radius 3 is 1.50 bits per heavy atom. The van der Waals surface area contributed by atoms with Crippen molar-refractivity contribution in [1.82, 2.24) is 4.67 Å². The smallest absolute Gasteiger partial charge is 0.128 e. The van der Waals surface area contributed by atoms with Crippen molar-refractivity contribution in [2.75, 3.05) is 28.3 Å². The van der Waals surface area contributed by atoms with E-state index in [9.17, 15) is 0 Å². The third-order valence-electron chi connectivity index (χ3n) is 3.03. The average molecular weight is 289 g/mol. The summed E-state index contributed by atoms with van der Waals surface area (Å²) in [5.74, 6) is 1.83. The van der Waals surface area contributed by atoms with Crippen molar-refractivity contribution < 1.29 is 9.47 Å². The van der Waals surface area contributed by atoms with Crippen LogP contribution in [0.2, 0.25) is 0 Å². The van der Waals surface area contributed by atoms with E-state index in [2.05, 4.69) is 30.9 Å². The molecule has 0 aliphatic rings. The van der Waals surface area contributed by atoms with Crippen LogP contribution < -0.4 is 20.1 Å². The number of hydrogen-bond donors (Lipinski definition) is 0. The molecule has 0 spiro atoms. The summed E-state index contributed by atoms with van der Waals surface area (Å²) in [6, 6.07) is 16.3. The molecular weight excluding hydrogens is 269 g/mol. The van der Waals surface area contributed by atoms with Crippen molar-refractivity contribution in [2.45, 2.75) is 0 Å². The Kier molecular flexibility index (Phi) is 4.99. The normalized spacial score (nSPS) is 10.9. The van der Waals surface area contributed by atoms with Crippen molar-refractivity contribution in [1.29, 1.82) is 0 Å². The molecular formula is C16H20NO2P. The molecule has 4 heteroatoms. The second-order valence-electron chi connectivity index (χ2n) is 4.50. The number of ether oxygens (including phenoxy) is 2. The molecule has 0 atom stereocenters. The number of nitrogens with zero attached hydrogens (tertiary/aromatic N) is 1. The highest BCUT2D eigenvalue weighted by molar-refractivity contribution is 7.71. The minimum absolute atomic E-state index is 0.680. The van der Waals surface area contributed by atoms with Crippen LogP contribution in [0, 0.1) is 0 Å². The molecule has 0 unspecified atom stereocenters. The minimum Gasteiger partial charge on any atom is -0.496 e. The van der Waals surface area contributed by atoms with Gasteiger partial charge < -0.3 is 9.47 Å². The maximum Gasteiger partial charge on any atom is 0.128 e. The summed E-state index contributed by atoms with van der Waals surface area (Å²) in [5.41, 5.74) is 0. The van der Waals surface area contributed by atoms with Crippen LogP contribution in [-0.2, 0) is 0 Å². The first-order valence-corrected chi connectivity index (χ1v) is 7.72. The summed E-state index contributed by atoms with van der Waals surface area (Å²) in [5, 5.41) is 2.39. The maximum absolute atomic E-state index is 5.52. The zero-order valence-corrected chi connectivity index (χ0v) is 13.2. The van der Waals surface area contributed by atoms with Crippen molar-refractivity contribution in [2.24, 2.45) is 0 Å². The third-order valence-corrected chi connectivity index (χ3v) is 5.48. The number of benzene rings is 2. The Morgan fingerprint density at radius 1 is 0.750 bits per heavy atom. The van der Waals surface area contributed by atoms with Gasteiger partial charge in [-0.3, -0.25) is 4.67 Å². The second kappa shape index (κ2) is 6.74. The lowest BCUT2D eigenvalue weighted by atomic mass is 10.3. The molecule has 0 aliphatic carbocycles. The van der Waals surface area contributed by atoms with E-state index in [4.69, 9.17) is 9.47 Å². The molecule has 2 aromatic carbocycles. The van der Waals surface area contributed by atoms with Crippen LogP contribution in [0.3, 0.4) is 0 Å². The number of para-hydroxylation sites is 2. The average Bonchev–Trinajstić information content (AvgIpc) is 2.48.